The number of likely N-dealkylation sites (N-methyl/N-ethyl adjacent to an activating group) is 1. The minimum atomic E-state index is -0.0303. The summed E-state index contributed by atoms with van der Waals surface area (Å²) in [6.45, 7) is 12.5. The van der Waals surface area contributed by atoms with E-state index in [0.29, 0.717) is 0 Å². The van der Waals surface area contributed by atoms with Crippen LogP contribution in [0, 0.1) is 0 Å². The standard InChI is InChI=1S/C20H36N2O/c1-6-9-10-11-12-13-14-15-17-21-20(23)22(5)18(4)19(8-3)16-7-2/h7-8,16,18H,2-3,6,9-15,17H2,1,4-5H3,(H,21,23)/b19-16+. The average Bonchev–Trinajstić information content (AvgIpc) is 2.56. The molecule has 0 radical (unpaired) electrons. The summed E-state index contributed by atoms with van der Waals surface area (Å²) in [6, 6.07) is -0.0404. The largest absolute Gasteiger partial charge is 0.338 e. The van der Waals surface area contributed by atoms with Gasteiger partial charge in [-0.1, -0.05) is 83.3 Å². The first-order valence-corrected chi connectivity index (χ1v) is 9.04. The molecule has 2 amide bonds. The van der Waals surface area contributed by atoms with Crippen LogP contribution < -0.4 is 5.32 Å². The smallest absolute Gasteiger partial charge is 0.317 e. The maximum atomic E-state index is 12.1. The highest BCUT2D eigenvalue weighted by molar-refractivity contribution is 5.74. The van der Waals surface area contributed by atoms with Gasteiger partial charge < -0.3 is 10.2 Å². The zero-order valence-electron chi connectivity index (χ0n) is 15.4. The summed E-state index contributed by atoms with van der Waals surface area (Å²) in [7, 11) is 1.81. The van der Waals surface area contributed by atoms with E-state index in [9.17, 15) is 4.79 Å². The fraction of sp³-hybridized carbons (Fsp3) is 0.650. The second kappa shape index (κ2) is 14.1. The van der Waals surface area contributed by atoms with Gasteiger partial charge in [0.15, 0.2) is 0 Å². The summed E-state index contributed by atoms with van der Waals surface area (Å²) >= 11 is 0. The Hall–Kier alpha value is -1.51. The number of urea groups is 1. The maximum absolute atomic E-state index is 12.1. The summed E-state index contributed by atoms with van der Waals surface area (Å²) < 4.78 is 0. The van der Waals surface area contributed by atoms with Gasteiger partial charge in [-0.15, -0.1) is 0 Å². The molecule has 0 aromatic heterocycles. The zero-order valence-corrected chi connectivity index (χ0v) is 15.4. The molecule has 0 saturated carbocycles. The molecular formula is C20H36N2O. The van der Waals surface area contributed by atoms with Gasteiger partial charge in [0.2, 0.25) is 0 Å². The number of carbonyl (C=O) groups excluding carboxylic acids is 1. The van der Waals surface area contributed by atoms with E-state index < -0.39 is 0 Å². The number of hydrogen-bond donors (Lipinski definition) is 1. The van der Waals surface area contributed by atoms with Crippen LogP contribution in [0.25, 0.3) is 0 Å². The third kappa shape index (κ3) is 9.98. The minimum Gasteiger partial charge on any atom is -0.338 e. The Morgan fingerprint density at radius 2 is 1.65 bits per heavy atom. The average molecular weight is 321 g/mol. The second-order valence-corrected chi connectivity index (χ2v) is 6.10. The van der Waals surface area contributed by atoms with Crippen molar-refractivity contribution in [2.45, 2.75) is 71.3 Å². The van der Waals surface area contributed by atoms with Gasteiger partial charge in [-0.2, -0.15) is 0 Å². The fourth-order valence-electron chi connectivity index (χ4n) is 2.49. The third-order valence-corrected chi connectivity index (χ3v) is 4.24. The molecule has 23 heavy (non-hydrogen) atoms. The van der Waals surface area contributed by atoms with Crippen LogP contribution in [0.3, 0.4) is 0 Å². The summed E-state index contributed by atoms with van der Waals surface area (Å²) in [6.07, 6.45) is 15.6. The molecule has 132 valence electrons. The molecule has 1 N–H and O–H groups in total. The van der Waals surface area contributed by atoms with Crippen LogP contribution in [-0.2, 0) is 0 Å². The molecule has 0 aromatic rings. The Labute approximate surface area is 143 Å². The van der Waals surface area contributed by atoms with Crippen molar-refractivity contribution < 1.29 is 4.79 Å². The number of carbonyl (C=O) groups is 1. The molecule has 0 aliphatic carbocycles. The lowest BCUT2D eigenvalue weighted by Crippen LogP contribution is -2.43. The van der Waals surface area contributed by atoms with E-state index >= 15 is 0 Å². The molecule has 0 saturated heterocycles. The topological polar surface area (TPSA) is 32.3 Å². The predicted molar refractivity (Wildman–Crippen MR) is 102 cm³/mol. The predicted octanol–water partition coefficient (Wildman–Crippen LogP) is 5.46. The van der Waals surface area contributed by atoms with Crippen molar-refractivity contribution in [3.8, 4) is 0 Å². The van der Waals surface area contributed by atoms with E-state index in [1.165, 1.54) is 44.9 Å². The lowest BCUT2D eigenvalue weighted by atomic mass is 10.1. The van der Waals surface area contributed by atoms with Crippen LogP contribution in [0.2, 0.25) is 0 Å². The van der Waals surface area contributed by atoms with Crippen molar-refractivity contribution in [1.29, 1.82) is 0 Å². The first-order chi connectivity index (χ1) is 11.1. The van der Waals surface area contributed by atoms with Gasteiger partial charge in [0.1, 0.15) is 0 Å². The summed E-state index contributed by atoms with van der Waals surface area (Å²) in [5.41, 5.74) is 0.990. The second-order valence-electron chi connectivity index (χ2n) is 6.10. The van der Waals surface area contributed by atoms with Gasteiger partial charge in [-0.25, -0.2) is 4.79 Å². The Kier molecular flexibility index (Phi) is 13.2. The van der Waals surface area contributed by atoms with Gasteiger partial charge in [0, 0.05) is 13.6 Å². The number of rotatable bonds is 13. The first kappa shape index (κ1) is 21.5. The third-order valence-electron chi connectivity index (χ3n) is 4.24. The van der Waals surface area contributed by atoms with E-state index in [1.807, 2.05) is 20.0 Å². The Balaban J connectivity index is 3.86. The molecule has 3 nitrogen and oxygen atoms in total. The van der Waals surface area contributed by atoms with Crippen molar-refractivity contribution in [2.75, 3.05) is 13.6 Å². The van der Waals surface area contributed by atoms with Gasteiger partial charge >= 0.3 is 6.03 Å². The molecule has 0 aromatic carbocycles. The van der Waals surface area contributed by atoms with E-state index in [1.54, 1.807) is 17.1 Å². The molecule has 0 aliphatic heterocycles. The molecule has 0 fully saturated rings. The number of nitrogens with one attached hydrogen (secondary N) is 1. The monoisotopic (exact) mass is 320 g/mol. The zero-order chi connectivity index (χ0) is 17.5. The van der Waals surface area contributed by atoms with Crippen molar-refractivity contribution >= 4 is 6.03 Å². The van der Waals surface area contributed by atoms with Crippen molar-refractivity contribution in [2.24, 2.45) is 0 Å². The van der Waals surface area contributed by atoms with E-state index in [-0.39, 0.29) is 12.1 Å². The lowest BCUT2D eigenvalue weighted by Gasteiger charge is -2.26. The highest BCUT2D eigenvalue weighted by Crippen LogP contribution is 2.11. The van der Waals surface area contributed by atoms with E-state index in [0.717, 1.165) is 18.5 Å². The maximum Gasteiger partial charge on any atom is 0.317 e. The van der Waals surface area contributed by atoms with Gasteiger partial charge in [0.25, 0.3) is 0 Å². The van der Waals surface area contributed by atoms with Gasteiger partial charge in [-0.3, -0.25) is 0 Å². The molecule has 0 aliphatic rings. The van der Waals surface area contributed by atoms with Crippen LogP contribution in [0.5, 0.6) is 0 Å². The number of unbranched alkanes of at least 4 members (excludes halogenated alkanes) is 7. The summed E-state index contributed by atoms with van der Waals surface area (Å²) in [5, 5.41) is 3.00. The Bertz CT molecular complexity index is 374. The molecule has 0 heterocycles. The number of nitrogens with zero attached hydrogens (tertiary/aromatic N) is 1. The number of hydrogen-bond acceptors (Lipinski definition) is 1. The van der Waals surface area contributed by atoms with Crippen LogP contribution in [-0.4, -0.2) is 30.6 Å². The van der Waals surface area contributed by atoms with Crippen LogP contribution in [0.15, 0.2) is 37.0 Å². The summed E-state index contributed by atoms with van der Waals surface area (Å²) in [5.74, 6) is 0. The first-order valence-electron chi connectivity index (χ1n) is 9.04. The normalized spacial score (nSPS) is 12.6. The van der Waals surface area contributed by atoms with Crippen LogP contribution >= 0.6 is 0 Å². The molecule has 0 bridgehead atoms. The Morgan fingerprint density at radius 1 is 1.09 bits per heavy atom. The number of allylic oxidation sites excluding steroid dienone is 2. The molecule has 0 rings (SSSR count). The molecular weight excluding hydrogens is 284 g/mol. The van der Waals surface area contributed by atoms with Crippen LogP contribution in [0.4, 0.5) is 4.79 Å². The minimum absolute atomic E-state index is 0.0101. The SMILES string of the molecule is C=C/C=C(\C=C)C(C)N(C)C(=O)NCCCCCCCCCC. The van der Waals surface area contributed by atoms with Crippen molar-refractivity contribution in [1.82, 2.24) is 10.2 Å². The summed E-state index contributed by atoms with van der Waals surface area (Å²) in [4.78, 5) is 13.9. The quantitative estimate of drug-likeness (QED) is 0.355. The van der Waals surface area contributed by atoms with Crippen LogP contribution in [0.1, 0.15) is 65.2 Å². The Morgan fingerprint density at radius 3 is 2.17 bits per heavy atom. The molecule has 1 atom stereocenters. The van der Waals surface area contributed by atoms with E-state index in [2.05, 4.69) is 25.4 Å². The van der Waals surface area contributed by atoms with Gasteiger partial charge in [-0.05, 0) is 18.9 Å². The highest BCUT2D eigenvalue weighted by Gasteiger charge is 2.16. The fourth-order valence-corrected chi connectivity index (χ4v) is 2.49. The lowest BCUT2D eigenvalue weighted by molar-refractivity contribution is 0.200. The van der Waals surface area contributed by atoms with Gasteiger partial charge in [0.05, 0.1) is 6.04 Å². The molecule has 1 unspecified atom stereocenters. The molecule has 3 heteroatoms. The molecule has 0 spiro atoms. The van der Waals surface area contributed by atoms with E-state index in [4.69, 9.17) is 0 Å². The van der Waals surface area contributed by atoms with Crippen molar-refractivity contribution in [3.63, 3.8) is 0 Å². The number of amides is 2. The van der Waals surface area contributed by atoms with Crippen molar-refractivity contribution in [3.05, 3.63) is 37.0 Å². The highest BCUT2D eigenvalue weighted by atomic mass is 16.2.